The number of hydrogen-bond donors (Lipinski definition) is 2. The third-order valence-corrected chi connectivity index (χ3v) is 5.35. The Labute approximate surface area is 192 Å². The van der Waals surface area contributed by atoms with Gasteiger partial charge < -0.3 is 20.3 Å². The van der Waals surface area contributed by atoms with E-state index in [9.17, 15) is 22.8 Å². The molecule has 1 saturated heterocycles. The molecule has 4 rings (SSSR count). The maximum absolute atomic E-state index is 12.7. The van der Waals surface area contributed by atoms with Gasteiger partial charge in [0.2, 0.25) is 5.91 Å². The fraction of sp³-hybridized carbons (Fsp3) is 0.364. The maximum Gasteiger partial charge on any atom is 0.573 e. The number of carbonyl (C=O) groups excluding carboxylic acids is 2. The van der Waals surface area contributed by atoms with Crippen molar-refractivity contribution in [1.29, 1.82) is 0 Å². The summed E-state index contributed by atoms with van der Waals surface area (Å²) in [7, 11) is 0. The molecule has 0 radical (unpaired) electrons. The van der Waals surface area contributed by atoms with Crippen molar-refractivity contribution in [2.45, 2.75) is 39.1 Å². The first-order valence-electron chi connectivity index (χ1n) is 10.6. The average Bonchev–Trinajstić information content (AvgIpc) is 3.13. The fourth-order valence-electron chi connectivity index (χ4n) is 3.90. The van der Waals surface area contributed by atoms with Crippen LogP contribution in [0.3, 0.4) is 0 Å². The molecule has 34 heavy (non-hydrogen) atoms. The number of halogens is 3. The van der Waals surface area contributed by atoms with Gasteiger partial charge in [0.15, 0.2) is 5.65 Å². The number of nitrogens with one attached hydrogen (secondary N) is 2. The van der Waals surface area contributed by atoms with Gasteiger partial charge in [-0.15, -0.1) is 13.2 Å². The number of anilines is 2. The van der Waals surface area contributed by atoms with Crippen molar-refractivity contribution in [1.82, 2.24) is 19.9 Å². The van der Waals surface area contributed by atoms with Gasteiger partial charge in [0.1, 0.15) is 17.4 Å². The second-order valence-electron chi connectivity index (χ2n) is 8.04. The minimum Gasteiger partial charge on any atom is -0.406 e. The predicted molar refractivity (Wildman–Crippen MR) is 118 cm³/mol. The number of aryl methyl sites for hydroxylation is 1. The van der Waals surface area contributed by atoms with E-state index in [2.05, 4.69) is 30.4 Å². The molecule has 2 aromatic heterocycles. The van der Waals surface area contributed by atoms with Gasteiger partial charge in [-0.2, -0.15) is 9.61 Å². The van der Waals surface area contributed by atoms with Crippen LogP contribution >= 0.6 is 0 Å². The van der Waals surface area contributed by atoms with Crippen molar-refractivity contribution >= 4 is 29.1 Å². The standard InChI is InChI=1S/C22H23F3N6O3/c1-13-11-19-27-18(28-21(33)15-3-5-17(6-4-15)34-22(23,24)25)12-20(31(19)29-13)30-9-7-16(8-10-30)26-14(2)32/h3-6,11-12,16H,7-10H2,1-2H3,(H,26,32)(H,27,28,33). The molecule has 1 aliphatic heterocycles. The molecule has 180 valence electrons. The Balaban J connectivity index is 1.53. The summed E-state index contributed by atoms with van der Waals surface area (Å²) in [4.78, 5) is 30.6. The molecule has 1 fully saturated rings. The first-order chi connectivity index (χ1) is 16.1. The third kappa shape index (κ3) is 5.56. The molecule has 3 aromatic rings. The third-order valence-electron chi connectivity index (χ3n) is 5.35. The smallest absolute Gasteiger partial charge is 0.406 e. The highest BCUT2D eigenvalue weighted by Gasteiger charge is 2.31. The summed E-state index contributed by atoms with van der Waals surface area (Å²) in [5.74, 6) is 0.0244. The molecule has 12 heteroatoms. The summed E-state index contributed by atoms with van der Waals surface area (Å²) in [6.07, 6.45) is -3.28. The van der Waals surface area contributed by atoms with Crippen LogP contribution in [-0.2, 0) is 4.79 Å². The van der Waals surface area contributed by atoms with Gasteiger partial charge in [0.25, 0.3) is 5.91 Å². The number of fused-ring (bicyclic) bond motifs is 1. The lowest BCUT2D eigenvalue weighted by atomic mass is 10.1. The Kier molecular flexibility index (Phi) is 6.31. The number of piperidine rings is 1. The van der Waals surface area contributed by atoms with E-state index in [1.165, 1.54) is 19.1 Å². The second-order valence-corrected chi connectivity index (χ2v) is 8.04. The predicted octanol–water partition coefficient (Wildman–Crippen LogP) is 3.29. The molecule has 0 saturated carbocycles. The molecule has 0 spiro atoms. The van der Waals surface area contributed by atoms with E-state index >= 15 is 0 Å². The molecular weight excluding hydrogens is 453 g/mol. The average molecular weight is 476 g/mol. The molecule has 1 aliphatic rings. The maximum atomic E-state index is 12.7. The van der Waals surface area contributed by atoms with E-state index in [4.69, 9.17) is 0 Å². The molecule has 0 aliphatic carbocycles. The van der Waals surface area contributed by atoms with Crippen molar-refractivity contribution < 1.29 is 27.5 Å². The van der Waals surface area contributed by atoms with Crippen LogP contribution in [0.5, 0.6) is 5.75 Å². The molecule has 2 N–H and O–H groups in total. The van der Waals surface area contributed by atoms with Crippen molar-refractivity contribution in [2.24, 2.45) is 0 Å². The van der Waals surface area contributed by atoms with Crippen LogP contribution in [-0.4, -0.2) is 51.9 Å². The summed E-state index contributed by atoms with van der Waals surface area (Å²) < 4.78 is 42.6. The van der Waals surface area contributed by atoms with Gasteiger partial charge in [-0.05, 0) is 44.0 Å². The van der Waals surface area contributed by atoms with Crippen LogP contribution in [0.4, 0.5) is 24.8 Å². The lowest BCUT2D eigenvalue weighted by molar-refractivity contribution is -0.274. The molecule has 3 heterocycles. The SMILES string of the molecule is CC(=O)NC1CCN(c2cc(NC(=O)c3ccc(OC(F)(F)F)cc3)nc3cc(C)nn23)CC1. The molecule has 9 nitrogen and oxygen atoms in total. The van der Waals surface area contributed by atoms with Gasteiger partial charge in [-0.25, -0.2) is 4.98 Å². The van der Waals surface area contributed by atoms with E-state index in [1.54, 1.807) is 16.6 Å². The first-order valence-corrected chi connectivity index (χ1v) is 10.6. The van der Waals surface area contributed by atoms with Crippen LogP contribution < -0.4 is 20.3 Å². The van der Waals surface area contributed by atoms with E-state index in [1.807, 2.05) is 6.92 Å². The zero-order valence-electron chi connectivity index (χ0n) is 18.5. The fourth-order valence-corrected chi connectivity index (χ4v) is 3.90. The summed E-state index contributed by atoms with van der Waals surface area (Å²) in [5.41, 5.74) is 1.45. The van der Waals surface area contributed by atoms with Crippen molar-refractivity contribution in [3.8, 4) is 5.75 Å². The Bertz CT molecular complexity index is 1200. The van der Waals surface area contributed by atoms with E-state index in [0.717, 1.165) is 36.5 Å². The molecule has 0 bridgehead atoms. The number of carbonyl (C=O) groups is 2. The second kappa shape index (κ2) is 9.20. The number of alkyl halides is 3. The zero-order valence-corrected chi connectivity index (χ0v) is 18.5. The van der Waals surface area contributed by atoms with E-state index < -0.39 is 18.0 Å². The van der Waals surface area contributed by atoms with Crippen LogP contribution in [0, 0.1) is 6.92 Å². The summed E-state index contributed by atoms with van der Waals surface area (Å²) in [6, 6.07) is 8.23. The van der Waals surface area contributed by atoms with Gasteiger partial charge in [-0.1, -0.05) is 0 Å². The van der Waals surface area contributed by atoms with Gasteiger partial charge in [0.05, 0.1) is 5.69 Å². The topological polar surface area (TPSA) is 101 Å². The highest BCUT2D eigenvalue weighted by molar-refractivity contribution is 6.04. The number of hydrogen-bond acceptors (Lipinski definition) is 6. The molecule has 0 unspecified atom stereocenters. The van der Waals surface area contributed by atoms with Crippen molar-refractivity contribution in [3.63, 3.8) is 0 Å². The summed E-state index contributed by atoms with van der Waals surface area (Å²) in [5, 5.41) is 10.1. The van der Waals surface area contributed by atoms with Crippen LogP contribution in [0.2, 0.25) is 0 Å². The van der Waals surface area contributed by atoms with Crippen molar-refractivity contribution in [2.75, 3.05) is 23.3 Å². The normalized spacial score (nSPS) is 14.8. The largest absolute Gasteiger partial charge is 0.573 e. The number of rotatable bonds is 5. The monoisotopic (exact) mass is 476 g/mol. The lowest BCUT2D eigenvalue weighted by Gasteiger charge is -2.33. The molecule has 2 amide bonds. The van der Waals surface area contributed by atoms with Gasteiger partial charge in [-0.3, -0.25) is 9.59 Å². The Morgan fingerprint density at radius 3 is 2.41 bits per heavy atom. The van der Waals surface area contributed by atoms with Crippen LogP contribution in [0.25, 0.3) is 5.65 Å². The highest BCUT2D eigenvalue weighted by atomic mass is 19.4. The number of nitrogens with zero attached hydrogens (tertiary/aromatic N) is 4. The molecular formula is C22H23F3N6O3. The number of ether oxygens (including phenoxy) is 1. The number of benzene rings is 1. The summed E-state index contributed by atoms with van der Waals surface area (Å²) >= 11 is 0. The quantitative estimate of drug-likeness (QED) is 0.586. The zero-order chi connectivity index (χ0) is 24.5. The highest BCUT2D eigenvalue weighted by Crippen LogP contribution is 2.26. The van der Waals surface area contributed by atoms with Crippen LogP contribution in [0.15, 0.2) is 36.4 Å². The van der Waals surface area contributed by atoms with Crippen LogP contribution in [0.1, 0.15) is 35.8 Å². The Morgan fingerprint density at radius 1 is 1.12 bits per heavy atom. The minimum absolute atomic E-state index is 0.0598. The molecule has 1 aromatic carbocycles. The van der Waals surface area contributed by atoms with Crippen molar-refractivity contribution in [3.05, 3.63) is 47.7 Å². The lowest BCUT2D eigenvalue weighted by Crippen LogP contribution is -2.44. The minimum atomic E-state index is -4.81. The Morgan fingerprint density at radius 2 is 1.79 bits per heavy atom. The number of aromatic nitrogens is 3. The van der Waals surface area contributed by atoms with E-state index in [0.29, 0.717) is 18.7 Å². The van der Waals surface area contributed by atoms with Gasteiger partial charge >= 0.3 is 6.36 Å². The van der Waals surface area contributed by atoms with E-state index in [-0.39, 0.29) is 23.3 Å². The van der Waals surface area contributed by atoms with Gasteiger partial charge in [0, 0.05) is 43.8 Å². The number of amides is 2. The first kappa shape index (κ1) is 23.3. The Hall–Kier alpha value is -3.83. The molecule has 0 atom stereocenters. The summed E-state index contributed by atoms with van der Waals surface area (Å²) in [6.45, 7) is 4.69.